The maximum Gasteiger partial charge on any atom is 0.337 e. The third kappa shape index (κ3) is 5.43. The van der Waals surface area contributed by atoms with Gasteiger partial charge < -0.3 is 15.1 Å². The van der Waals surface area contributed by atoms with Gasteiger partial charge >= 0.3 is 5.97 Å². The summed E-state index contributed by atoms with van der Waals surface area (Å²) in [6, 6.07) is 5.07. The Labute approximate surface area is 175 Å². The summed E-state index contributed by atoms with van der Waals surface area (Å²) in [5, 5.41) is 20.2. The second kappa shape index (κ2) is 9.51. The Kier molecular flexibility index (Phi) is 7.29. The number of aromatic carboxylic acids is 1. The Morgan fingerprint density at radius 1 is 1.29 bits per heavy atom. The van der Waals surface area contributed by atoms with Crippen molar-refractivity contribution in [3.8, 4) is 0 Å². The van der Waals surface area contributed by atoms with Gasteiger partial charge in [0, 0.05) is 6.54 Å². The van der Waals surface area contributed by atoms with Gasteiger partial charge in [-0.3, -0.25) is 4.79 Å². The van der Waals surface area contributed by atoms with Gasteiger partial charge in [-0.15, -0.1) is 11.8 Å². The minimum Gasteiger partial charge on any atom is -0.478 e. The molecular formula is C21H28ClNO4S. The SMILES string of the molecule is O=C(O)c1ccc(CCCC2SCC(=O)N2CCC2(O)CCCCC2)cc1Cl. The summed E-state index contributed by atoms with van der Waals surface area (Å²) < 4.78 is 0. The minimum atomic E-state index is -1.02. The van der Waals surface area contributed by atoms with Crippen LogP contribution in [0.2, 0.25) is 5.02 Å². The van der Waals surface area contributed by atoms with Gasteiger partial charge in [-0.2, -0.15) is 0 Å². The summed E-state index contributed by atoms with van der Waals surface area (Å²) in [6.45, 7) is 0.631. The largest absolute Gasteiger partial charge is 0.478 e. The molecular weight excluding hydrogens is 398 g/mol. The Hall–Kier alpha value is -1.24. The van der Waals surface area contributed by atoms with Gasteiger partial charge in [0.25, 0.3) is 0 Å². The molecule has 1 saturated heterocycles. The molecule has 0 aromatic heterocycles. The zero-order valence-electron chi connectivity index (χ0n) is 16.0. The second-order valence-corrected chi connectivity index (χ2v) is 9.47. The highest BCUT2D eigenvalue weighted by Gasteiger charge is 2.35. The molecule has 5 nitrogen and oxygen atoms in total. The van der Waals surface area contributed by atoms with Gasteiger partial charge in [-0.1, -0.05) is 36.9 Å². The number of rotatable bonds is 8. The van der Waals surface area contributed by atoms with E-state index in [2.05, 4.69) is 0 Å². The molecule has 2 fully saturated rings. The number of hydrogen-bond donors (Lipinski definition) is 2. The van der Waals surface area contributed by atoms with Crippen LogP contribution in [0.3, 0.4) is 0 Å². The lowest BCUT2D eigenvalue weighted by atomic mass is 9.82. The topological polar surface area (TPSA) is 77.8 Å². The first kappa shape index (κ1) is 21.5. The first-order valence-corrected chi connectivity index (χ1v) is 11.5. The van der Waals surface area contributed by atoms with Crippen LogP contribution in [0.4, 0.5) is 0 Å². The molecule has 1 aromatic carbocycles. The van der Waals surface area contributed by atoms with E-state index >= 15 is 0 Å². The number of aryl methyl sites for hydroxylation is 1. The maximum atomic E-state index is 12.3. The normalized spacial score (nSPS) is 21.9. The van der Waals surface area contributed by atoms with Crippen molar-refractivity contribution in [2.45, 2.75) is 68.8 Å². The fraction of sp³-hybridized carbons (Fsp3) is 0.619. The van der Waals surface area contributed by atoms with Gasteiger partial charge in [-0.25, -0.2) is 4.79 Å². The molecule has 2 aliphatic rings. The number of aliphatic hydroxyl groups is 1. The lowest BCUT2D eigenvalue weighted by Crippen LogP contribution is -2.40. The first-order chi connectivity index (χ1) is 13.4. The zero-order chi connectivity index (χ0) is 20.1. The fourth-order valence-electron chi connectivity index (χ4n) is 4.17. The number of carboxylic acids is 1. The number of carbonyl (C=O) groups excluding carboxylic acids is 1. The number of carboxylic acid groups (broad SMARTS) is 1. The summed E-state index contributed by atoms with van der Waals surface area (Å²) in [6.07, 6.45) is 8.28. The summed E-state index contributed by atoms with van der Waals surface area (Å²) in [5.74, 6) is -0.335. The van der Waals surface area contributed by atoms with E-state index in [0.717, 1.165) is 50.5 Å². The highest BCUT2D eigenvalue weighted by molar-refractivity contribution is 8.00. The van der Waals surface area contributed by atoms with Crippen LogP contribution >= 0.6 is 23.4 Å². The summed E-state index contributed by atoms with van der Waals surface area (Å²) in [5.41, 5.74) is 0.528. The van der Waals surface area contributed by atoms with Crippen molar-refractivity contribution in [3.63, 3.8) is 0 Å². The highest BCUT2D eigenvalue weighted by Crippen LogP contribution is 2.34. The van der Waals surface area contributed by atoms with Crippen molar-refractivity contribution in [2.75, 3.05) is 12.3 Å². The number of carbonyl (C=O) groups is 2. The van der Waals surface area contributed by atoms with Crippen LogP contribution in [-0.2, 0) is 11.2 Å². The Morgan fingerprint density at radius 3 is 2.71 bits per heavy atom. The molecule has 1 heterocycles. The van der Waals surface area contributed by atoms with Crippen LogP contribution in [0.25, 0.3) is 0 Å². The van der Waals surface area contributed by atoms with Crippen LogP contribution < -0.4 is 0 Å². The van der Waals surface area contributed by atoms with Gasteiger partial charge in [0.05, 0.1) is 27.3 Å². The molecule has 3 rings (SSSR count). The molecule has 1 saturated carbocycles. The number of nitrogens with zero attached hydrogens (tertiary/aromatic N) is 1. The molecule has 1 aliphatic heterocycles. The van der Waals surface area contributed by atoms with Crippen LogP contribution in [0.15, 0.2) is 18.2 Å². The average Bonchev–Trinajstić information content (AvgIpc) is 3.00. The Morgan fingerprint density at radius 2 is 2.04 bits per heavy atom. The Balaban J connectivity index is 1.49. The van der Waals surface area contributed by atoms with Gasteiger partial charge in [0.2, 0.25) is 5.91 Å². The number of halogens is 1. The molecule has 1 amide bonds. The molecule has 1 aliphatic carbocycles. The molecule has 0 spiro atoms. The molecule has 0 radical (unpaired) electrons. The zero-order valence-corrected chi connectivity index (χ0v) is 17.6. The molecule has 1 aromatic rings. The van der Waals surface area contributed by atoms with Crippen molar-refractivity contribution in [1.82, 2.24) is 4.90 Å². The summed E-state index contributed by atoms with van der Waals surface area (Å²) >= 11 is 7.72. The maximum absolute atomic E-state index is 12.3. The number of benzene rings is 1. The number of hydrogen-bond acceptors (Lipinski definition) is 4. The lowest BCUT2D eigenvalue weighted by molar-refractivity contribution is -0.129. The minimum absolute atomic E-state index is 0.120. The summed E-state index contributed by atoms with van der Waals surface area (Å²) in [4.78, 5) is 25.3. The van der Waals surface area contributed by atoms with E-state index in [4.69, 9.17) is 16.7 Å². The molecule has 1 unspecified atom stereocenters. The quantitative estimate of drug-likeness (QED) is 0.647. The summed E-state index contributed by atoms with van der Waals surface area (Å²) in [7, 11) is 0. The van der Waals surface area contributed by atoms with Crippen molar-refractivity contribution in [2.24, 2.45) is 0 Å². The third-order valence-electron chi connectivity index (χ3n) is 5.85. The van der Waals surface area contributed by atoms with Crippen molar-refractivity contribution in [1.29, 1.82) is 0 Å². The monoisotopic (exact) mass is 425 g/mol. The Bertz CT molecular complexity index is 720. The molecule has 28 heavy (non-hydrogen) atoms. The molecule has 1 atom stereocenters. The van der Waals surface area contributed by atoms with Crippen LogP contribution in [0.5, 0.6) is 0 Å². The van der Waals surface area contributed by atoms with E-state index in [1.807, 2.05) is 4.90 Å². The van der Waals surface area contributed by atoms with Crippen LogP contribution in [0.1, 0.15) is 67.3 Å². The molecule has 0 bridgehead atoms. The second-order valence-electron chi connectivity index (χ2n) is 7.90. The standard InChI is InChI=1S/C21H28ClNO4S/c22-17-13-15(7-8-16(17)20(25)26)5-4-6-19-23(18(24)14-28-19)12-11-21(27)9-2-1-3-10-21/h7-8,13,19,27H,1-6,9-12,14H2,(H,25,26). The van der Waals surface area contributed by atoms with Gasteiger partial charge in [0.15, 0.2) is 0 Å². The number of thioether (sulfide) groups is 1. The molecule has 154 valence electrons. The van der Waals surface area contributed by atoms with E-state index in [9.17, 15) is 14.7 Å². The highest BCUT2D eigenvalue weighted by atomic mass is 35.5. The average molecular weight is 426 g/mol. The number of amides is 1. The predicted octanol–water partition coefficient (Wildman–Crippen LogP) is 4.35. The smallest absolute Gasteiger partial charge is 0.337 e. The van der Waals surface area contributed by atoms with E-state index in [1.165, 1.54) is 6.42 Å². The third-order valence-corrected chi connectivity index (χ3v) is 7.45. The first-order valence-electron chi connectivity index (χ1n) is 10.0. The van der Waals surface area contributed by atoms with E-state index < -0.39 is 11.6 Å². The van der Waals surface area contributed by atoms with E-state index in [0.29, 0.717) is 18.7 Å². The van der Waals surface area contributed by atoms with Crippen LogP contribution in [-0.4, -0.2) is 50.3 Å². The lowest BCUT2D eigenvalue weighted by Gasteiger charge is -2.34. The van der Waals surface area contributed by atoms with Crippen LogP contribution in [0, 0.1) is 0 Å². The van der Waals surface area contributed by atoms with Crippen molar-refractivity contribution < 1.29 is 19.8 Å². The molecule has 2 N–H and O–H groups in total. The van der Waals surface area contributed by atoms with E-state index in [-0.39, 0.29) is 21.9 Å². The van der Waals surface area contributed by atoms with Crippen molar-refractivity contribution in [3.05, 3.63) is 34.3 Å². The van der Waals surface area contributed by atoms with Gasteiger partial charge in [0.1, 0.15) is 0 Å². The van der Waals surface area contributed by atoms with Gasteiger partial charge in [-0.05, 0) is 56.2 Å². The van der Waals surface area contributed by atoms with E-state index in [1.54, 1.807) is 30.0 Å². The fourth-order valence-corrected chi connectivity index (χ4v) is 5.69. The molecule has 7 heteroatoms. The predicted molar refractivity (Wildman–Crippen MR) is 112 cm³/mol. The van der Waals surface area contributed by atoms with Crippen molar-refractivity contribution >= 4 is 35.2 Å².